The first-order valence-electron chi connectivity index (χ1n) is 9.06. The van der Waals surface area contributed by atoms with Crippen LogP contribution in [0.3, 0.4) is 0 Å². The Balaban J connectivity index is 1.31. The van der Waals surface area contributed by atoms with Crippen LogP contribution in [0.5, 0.6) is 0 Å². The number of hydrogen-bond donors (Lipinski definition) is 1. The molecule has 0 aliphatic heterocycles. The van der Waals surface area contributed by atoms with Crippen LogP contribution in [0.15, 0.2) is 46.0 Å². The van der Waals surface area contributed by atoms with E-state index in [1.54, 1.807) is 11.3 Å². The minimum atomic E-state index is -0.0517. The fourth-order valence-electron chi connectivity index (χ4n) is 3.15. The van der Waals surface area contributed by atoms with Crippen molar-refractivity contribution in [2.45, 2.75) is 38.0 Å². The average Bonchev–Trinajstić information content (AvgIpc) is 3.32. The van der Waals surface area contributed by atoms with E-state index in [0.29, 0.717) is 17.7 Å². The molecule has 140 valence electrons. The summed E-state index contributed by atoms with van der Waals surface area (Å²) in [5, 5.41) is 11.6. The van der Waals surface area contributed by atoms with Gasteiger partial charge in [-0.1, -0.05) is 49.0 Å². The number of rotatable bonds is 6. The van der Waals surface area contributed by atoms with E-state index in [1.807, 2.05) is 30.3 Å². The number of aryl methyl sites for hydroxylation is 1. The predicted molar refractivity (Wildman–Crippen MR) is 108 cm³/mol. The fraction of sp³-hybridized carbons (Fsp3) is 0.350. The van der Waals surface area contributed by atoms with Crippen molar-refractivity contribution in [2.75, 3.05) is 5.75 Å². The van der Waals surface area contributed by atoms with E-state index in [1.165, 1.54) is 28.6 Å². The molecule has 1 atom stereocenters. The summed E-state index contributed by atoms with van der Waals surface area (Å²) in [4.78, 5) is 14.5. The van der Waals surface area contributed by atoms with Gasteiger partial charge in [0, 0.05) is 11.4 Å². The summed E-state index contributed by atoms with van der Waals surface area (Å²) in [6.45, 7) is 2.82. The second kappa shape index (κ2) is 8.27. The maximum absolute atomic E-state index is 12.0. The number of aromatic nitrogens is 2. The number of carbonyl (C=O) groups is 1. The van der Waals surface area contributed by atoms with Crippen LogP contribution in [-0.4, -0.2) is 21.9 Å². The Labute approximate surface area is 166 Å². The SMILES string of the molecule is C[C@H]1CCc2sc(-c3nnc(SCC(=O)NCc4ccccc4)o3)cc2C1. The lowest BCUT2D eigenvalue weighted by atomic mass is 9.90. The molecule has 0 spiro atoms. The van der Waals surface area contributed by atoms with E-state index in [0.717, 1.165) is 29.2 Å². The number of benzene rings is 1. The van der Waals surface area contributed by atoms with E-state index >= 15 is 0 Å². The third-order valence-corrected chi connectivity index (χ3v) is 6.65. The Bertz CT molecular complexity index is 920. The number of hydrogen-bond acceptors (Lipinski definition) is 6. The Hall–Kier alpha value is -2.12. The molecular formula is C20H21N3O2S2. The summed E-state index contributed by atoms with van der Waals surface area (Å²) in [6.07, 6.45) is 3.51. The summed E-state index contributed by atoms with van der Waals surface area (Å²) in [5.74, 6) is 1.49. The Morgan fingerprint density at radius 3 is 3.04 bits per heavy atom. The molecule has 27 heavy (non-hydrogen) atoms. The van der Waals surface area contributed by atoms with Gasteiger partial charge in [0.05, 0.1) is 10.6 Å². The first kappa shape index (κ1) is 18.3. The second-order valence-corrected chi connectivity index (χ2v) is 8.89. The zero-order valence-electron chi connectivity index (χ0n) is 15.1. The van der Waals surface area contributed by atoms with E-state index in [-0.39, 0.29) is 11.7 Å². The van der Waals surface area contributed by atoms with Gasteiger partial charge >= 0.3 is 0 Å². The van der Waals surface area contributed by atoms with Crippen LogP contribution in [0.4, 0.5) is 0 Å². The lowest BCUT2D eigenvalue weighted by Gasteiger charge is -2.16. The standard InChI is InChI=1S/C20H21N3O2S2/c1-13-7-8-16-15(9-13)10-17(27-16)19-22-23-20(25-19)26-12-18(24)21-11-14-5-3-2-4-6-14/h2-6,10,13H,7-9,11-12H2,1H3,(H,21,24)/t13-/m0/s1. The van der Waals surface area contributed by atoms with Crippen LogP contribution in [0.2, 0.25) is 0 Å². The molecule has 7 heteroatoms. The Morgan fingerprint density at radius 1 is 1.33 bits per heavy atom. The van der Waals surface area contributed by atoms with Crippen LogP contribution in [0, 0.1) is 5.92 Å². The van der Waals surface area contributed by atoms with Gasteiger partial charge in [-0.2, -0.15) is 0 Å². The zero-order valence-corrected chi connectivity index (χ0v) is 16.7. The maximum Gasteiger partial charge on any atom is 0.277 e. The average molecular weight is 400 g/mol. The molecule has 0 saturated carbocycles. The quantitative estimate of drug-likeness (QED) is 0.625. The number of nitrogens with zero attached hydrogens (tertiary/aromatic N) is 2. The molecule has 1 aliphatic carbocycles. The molecule has 0 fully saturated rings. The monoisotopic (exact) mass is 399 g/mol. The highest BCUT2D eigenvalue weighted by Crippen LogP contribution is 2.37. The van der Waals surface area contributed by atoms with Gasteiger partial charge < -0.3 is 9.73 Å². The predicted octanol–water partition coefficient (Wildman–Crippen LogP) is 4.33. The van der Waals surface area contributed by atoms with E-state index in [4.69, 9.17) is 4.42 Å². The molecule has 1 aromatic carbocycles. The minimum Gasteiger partial charge on any atom is -0.410 e. The van der Waals surface area contributed by atoms with Gasteiger partial charge in [0.15, 0.2) is 0 Å². The third-order valence-electron chi connectivity index (χ3n) is 4.61. The second-order valence-electron chi connectivity index (χ2n) is 6.83. The van der Waals surface area contributed by atoms with Crippen molar-refractivity contribution in [3.63, 3.8) is 0 Å². The lowest BCUT2D eigenvalue weighted by molar-refractivity contribution is -0.118. The molecule has 0 radical (unpaired) electrons. The molecular weight excluding hydrogens is 378 g/mol. The highest BCUT2D eigenvalue weighted by molar-refractivity contribution is 7.99. The molecule has 0 saturated heterocycles. The summed E-state index contributed by atoms with van der Waals surface area (Å²) < 4.78 is 5.76. The topological polar surface area (TPSA) is 68.0 Å². The molecule has 4 rings (SSSR count). The zero-order chi connectivity index (χ0) is 18.6. The van der Waals surface area contributed by atoms with E-state index in [2.05, 4.69) is 28.5 Å². The molecule has 1 amide bonds. The first-order chi connectivity index (χ1) is 13.2. The van der Waals surface area contributed by atoms with Crippen LogP contribution >= 0.6 is 23.1 Å². The van der Waals surface area contributed by atoms with Crippen LogP contribution in [-0.2, 0) is 24.2 Å². The number of amides is 1. The van der Waals surface area contributed by atoms with E-state index < -0.39 is 0 Å². The summed E-state index contributed by atoms with van der Waals surface area (Å²) in [7, 11) is 0. The molecule has 3 aromatic rings. The molecule has 0 bridgehead atoms. The Kier molecular flexibility index (Phi) is 5.59. The molecule has 0 unspecified atom stereocenters. The largest absolute Gasteiger partial charge is 0.410 e. The number of carbonyl (C=O) groups excluding carboxylic acids is 1. The van der Waals surface area contributed by atoms with Crippen molar-refractivity contribution in [3.05, 3.63) is 52.4 Å². The van der Waals surface area contributed by atoms with Crippen LogP contribution in [0.25, 0.3) is 10.8 Å². The van der Waals surface area contributed by atoms with Gasteiger partial charge in [0.25, 0.3) is 11.1 Å². The Morgan fingerprint density at radius 2 is 2.19 bits per heavy atom. The molecule has 2 heterocycles. The van der Waals surface area contributed by atoms with Crippen molar-refractivity contribution < 1.29 is 9.21 Å². The van der Waals surface area contributed by atoms with Crippen LogP contribution in [0.1, 0.15) is 29.3 Å². The maximum atomic E-state index is 12.0. The smallest absolute Gasteiger partial charge is 0.277 e. The van der Waals surface area contributed by atoms with Gasteiger partial charge in [0.2, 0.25) is 5.91 Å². The number of fused-ring (bicyclic) bond motifs is 1. The molecule has 1 aliphatic rings. The highest BCUT2D eigenvalue weighted by Gasteiger charge is 2.21. The molecule has 1 N–H and O–H groups in total. The number of nitrogens with one attached hydrogen (secondary N) is 1. The third kappa shape index (κ3) is 4.59. The normalized spacial score (nSPS) is 16.1. The van der Waals surface area contributed by atoms with Crippen molar-refractivity contribution in [2.24, 2.45) is 5.92 Å². The molecule has 2 aromatic heterocycles. The van der Waals surface area contributed by atoms with Crippen molar-refractivity contribution in [1.29, 1.82) is 0 Å². The van der Waals surface area contributed by atoms with Gasteiger partial charge in [-0.05, 0) is 42.4 Å². The van der Waals surface area contributed by atoms with Crippen molar-refractivity contribution in [3.8, 4) is 10.8 Å². The lowest BCUT2D eigenvalue weighted by Crippen LogP contribution is -2.24. The van der Waals surface area contributed by atoms with E-state index in [9.17, 15) is 4.79 Å². The van der Waals surface area contributed by atoms with Crippen molar-refractivity contribution in [1.82, 2.24) is 15.5 Å². The highest BCUT2D eigenvalue weighted by atomic mass is 32.2. The summed E-state index contributed by atoms with van der Waals surface area (Å²) in [5.41, 5.74) is 2.49. The summed E-state index contributed by atoms with van der Waals surface area (Å²) in [6, 6.07) is 12.0. The fourth-order valence-corrected chi connectivity index (χ4v) is 4.88. The number of thiophene rings is 1. The molecule has 5 nitrogen and oxygen atoms in total. The van der Waals surface area contributed by atoms with Crippen molar-refractivity contribution >= 4 is 29.0 Å². The summed E-state index contributed by atoms with van der Waals surface area (Å²) >= 11 is 3.02. The van der Waals surface area contributed by atoms with Gasteiger partial charge in [-0.3, -0.25) is 4.79 Å². The van der Waals surface area contributed by atoms with Gasteiger partial charge in [-0.25, -0.2) is 0 Å². The first-order valence-corrected chi connectivity index (χ1v) is 10.9. The minimum absolute atomic E-state index is 0.0517. The van der Waals surface area contributed by atoms with Gasteiger partial charge in [-0.15, -0.1) is 21.5 Å². The van der Waals surface area contributed by atoms with Gasteiger partial charge in [0.1, 0.15) is 0 Å². The number of thioether (sulfide) groups is 1. The van der Waals surface area contributed by atoms with Crippen LogP contribution < -0.4 is 5.32 Å².